The average molecular weight is 312 g/mol. The van der Waals surface area contributed by atoms with Crippen LogP contribution in [0.2, 0.25) is 0 Å². The highest BCUT2D eigenvalue weighted by atomic mass is 79.9. The lowest BCUT2D eigenvalue weighted by Gasteiger charge is -2.06. The van der Waals surface area contributed by atoms with Gasteiger partial charge in [-0.05, 0) is 24.6 Å². The number of hydrogen-bond acceptors (Lipinski definition) is 4. The van der Waals surface area contributed by atoms with E-state index in [-0.39, 0.29) is 0 Å². The van der Waals surface area contributed by atoms with Gasteiger partial charge in [-0.2, -0.15) is 0 Å². The third-order valence-corrected chi connectivity index (χ3v) is 3.83. The number of benzene rings is 1. The van der Waals surface area contributed by atoms with Gasteiger partial charge >= 0.3 is 0 Å². The Kier molecular flexibility index (Phi) is 4.15. The van der Waals surface area contributed by atoms with Crippen LogP contribution in [-0.4, -0.2) is 4.98 Å². The second-order valence-corrected chi connectivity index (χ2v) is 5.69. The van der Waals surface area contributed by atoms with E-state index in [0.29, 0.717) is 0 Å². The van der Waals surface area contributed by atoms with Gasteiger partial charge in [-0.3, -0.25) is 0 Å². The maximum absolute atomic E-state index is 5.92. The summed E-state index contributed by atoms with van der Waals surface area (Å²) in [4.78, 5) is 4.40. The lowest BCUT2D eigenvalue weighted by atomic mass is 10.2. The molecule has 0 atom stereocenters. The monoisotopic (exact) mass is 311 g/mol. The minimum atomic E-state index is 0.762. The topological polar surface area (TPSA) is 50.9 Å². The van der Waals surface area contributed by atoms with Gasteiger partial charge in [-0.25, -0.2) is 4.98 Å². The molecule has 0 fully saturated rings. The van der Waals surface area contributed by atoms with Crippen molar-refractivity contribution in [1.82, 2.24) is 10.3 Å². The van der Waals surface area contributed by atoms with Crippen molar-refractivity contribution < 1.29 is 0 Å². The van der Waals surface area contributed by atoms with E-state index in [4.69, 9.17) is 5.73 Å². The maximum Gasteiger partial charge on any atom is 0.107 e. The Balaban J connectivity index is 1.90. The van der Waals surface area contributed by atoms with Crippen molar-refractivity contribution in [3.63, 3.8) is 0 Å². The molecule has 3 N–H and O–H groups in total. The number of hydrogen-bond donors (Lipinski definition) is 2. The number of halogens is 1. The quantitative estimate of drug-likeness (QED) is 0.853. The van der Waals surface area contributed by atoms with Crippen LogP contribution in [0.5, 0.6) is 0 Å². The Morgan fingerprint density at radius 3 is 2.88 bits per heavy atom. The fourth-order valence-electron chi connectivity index (χ4n) is 1.51. The number of anilines is 1. The molecule has 0 saturated heterocycles. The van der Waals surface area contributed by atoms with E-state index >= 15 is 0 Å². The van der Waals surface area contributed by atoms with Gasteiger partial charge in [-0.15, -0.1) is 11.3 Å². The normalized spacial score (nSPS) is 10.7. The predicted molar refractivity (Wildman–Crippen MR) is 75.9 cm³/mol. The molecule has 0 radical (unpaired) electrons. The lowest BCUT2D eigenvalue weighted by molar-refractivity contribution is 0.690. The summed E-state index contributed by atoms with van der Waals surface area (Å²) in [6, 6.07) is 5.95. The molecule has 0 aliphatic rings. The van der Waals surface area contributed by atoms with Crippen LogP contribution in [-0.2, 0) is 13.1 Å². The molecule has 0 aliphatic heterocycles. The molecular weight excluding hydrogens is 298 g/mol. The molecule has 17 heavy (non-hydrogen) atoms. The minimum absolute atomic E-state index is 0.762. The Labute approximate surface area is 113 Å². The van der Waals surface area contributed by atoms with Crippen molar-refractivity contribution in [3.05, 3.63) is 44.3 Å². The summed E-state index contributed by atoms with van der Waals surface area (Å²) in [5.41, 5.74) is 8.92. The van der Waals surface area contributed by atoms with E-state index in [1.807, 2.05) is 25.1 Å². The van der Waals surface area contributed by atoms with E-state index in [9.17, 15) is 0 Å². The van der Waals surface area contributed by atoms with Crippen molar-refractivity contribution in [3.8, 4) is 0 Å². The molecule has 2 rings (SSSR count). The zero-order valence-electron chi connectivity index (χ0n) is 9.53. The van der Waals surface area contributed by atoms with Crippen LogP contribution in [0.4, 0.5) is 5.69 Å². The van der Waals surface area contributed by atoms with Crippen LogP contribution in [0.15, 0.2) is 28.1 Å². The number of rotatable bonds is 4. The second kappa shape index (κ2) is 5.62. The molecule has 0 bridgehead atoms. The van der Waals surface area contributed by atoms with Crippen LogP contribution in [0.1, 0.15) is 16.3 Å². The summed E-state index contributed by atoms with van der Waals surface area (Å²) in [6.45, 7) is 3.55. The molecular formula is C12H14BrN3S. The van der Waals surface area contributed by atoms with Crippen molar-refractivity contribution >= 4 is 33.0 Å². The van der Waals surface area contributed by atoms with Gasteiger partial charge < -0.3 is 11.1 Å². The molecule has 0 amide bonds. The molecule has 1 heterocycles. The molecule has 3 nitrogen and oxygen atoms in total. The van der Waals surface area contributed by atoms with Gasteiger partial charge in [0.15, 0.2) is 0 Å². The predicted octanol–water partition coefficient (Wildman–Crippen LogP) is 3.09. The highest BCUT2D eigenvalue weighted by Crippen LogP contribution is 2.18. The van der Waals surface area contributed by atoms with Crippen LogP contribution in [0.25, 0.3) is 0 Å². The van der Waals surface area contributed by atoms with Crippen molar-refractivity contribution in [1.29, 1.82) is 0 Å². The van der Waals surface area contributed by atoms with Gasteiger partial charge in [-0.1, -0.05) is 22.0 Å². The first-order valence-corrected chi connectivity index (χ1v) is 6.98. The highest BCUT2D eigenvalue weighted by molar-refractivity contribution is 9.10. The largest absolute Gasteiger partial charge is 0.398 e. The number of nitrogens with one attached hydrogen (secondary N) is 1. The summed E-state index contributed by atoms with van der Waals surface area (Å²) in [6.07, 6.45) is 0. The number of nitrogens with two attached hydrogens (primary N) is 1. The Morgan fingerprint density at radius 1 is 1.41 bits per heavy atom. The zero-order valence-corrected chi connectivity index (χ0v) is 11.9. The fourth-order valence-corrected chi connectivity index (χ4v) is 2.63. The van der Waals surface area contributed by atoms with Gasteiger partial charge in [0.2, 0.25) is 0 Å². The Hall–Kier alpha value is -0.910. The molecule has 0 unspecified atom stereocenters. The van der Waals surface area contributed by atoms with Crippen LogP contribution in [0, 0.1) is 6.92 Å². The SMILES string of the molecule is Cc1csc(CNCc2ccc(Br)cc2N)n1. The lowest BCUT2D eigenvalue weighted by Crippen LogP contribution is -2.13. The second-order valence-electron chi connectivity index (χ2n) is 3.83. The van der Waals surface area contributed by atoms with E-state index in [0.717, 1.165) is 39.5 Å². The average Bonchev–Trinajstić information content (AvgIpc) is 2.68. The number of nitrogen functional groups attached to an aromatic ring is 1. The van der Waals surface area contributed by atoms with Gasteiger partial charge in [0.25, 0.3) is 0 Å². The summed E-state index contributed by atoms with van der Waals surface area (Å²) in [5, 5.41) is 6.51. The van der Waals surface area contributed by atoms with Gasteiger partial charge in [0, 0.05) is 34.3 Å². The van der Waals surface area contributed by atoms with E-state index in [1.54, 1.807) is 11.3 Å². The summed E-state index contributed by atoms with van der Waals surface area (Å²) < 4.78 is 1.01. The fraction of sp³-hybridized carbons (Fsp3) is 0.250. The number of aryl methyl sites for hydroxylation is 1. The number of nitrogens with zero attached hydrogens (tertiary/aromatic N) is 1. The highest BCUT2D eigenvalue weighted by Gasteiger charge is 2.01. The zero-order chi connectivity index (χ0) is 12.3. The maximum atomic E-state index is 5.92. The summed E-state index contributed by atoms with van der Waals surface area (Å²) in [7, 11) is 0. The molecule has 2 aromatic rings. The van der Waals surface area contributed by atoms with E-state index in [1.165, 1.54) is 0 Å². The number of aromatic nitrogens is 1. The van der Waals surface area contributed by atoms with Crippen molar-refractivity contribution in [2.24, 2.45) is 0 Å². The first kappa shape index (κ1) is 12.5. The van der Waals surface area contributed by atoms with Crippen molar-refractivity contribution in [2.45, 2.75) is 20.0 Å². The van der Waals surface area contributed by atoms with Gasteiger partial charge in [0.05, 0.1) is 0 Å². The van der Waals surface area contributed by atoms with Gasteiger partial charge in [0.1, 0.15) is 5.01 Å². The molecule has 1 aromatic heterocycles. The Bertz CT molecular complexity index is 510. The number of thiazole rings is 1. The van der Waals surface area contributed by atoms with E-state index in [2.05, 4.69) is 31.6 Å². The van der Waals surface area contributed by atoms with E-state index < -0.39 is 0 Å². The molecule has 0 spiro atoms. The standard InChI is InChI=1S/C12H14BrN3S/c1-8-7-17-12(16-8)6-15-5-9-2-3-10(13)4-11(9)14/h2-4,7,15H,5-6,14H2,1H3. The summed E-state index contributed by atoms with van der Waals surface area (Å²) >= 11 is 5.07. The Morgan fingerprint density at radius 2 is 2.24 bits per heavy atom. The van der Waals surface area contributed by atoms with Crippen LogP contribution >= 0.6 is 27.3 Å². The molecule has 0 aliphatic carbocycles. The van der Waals surface area contributed by atoms with Crippen LogP contribution in [0.3, 0.4) is 0 Å². The third-order valence-electron chi connectivity index (χ3n) is 2.37. The summed E-state index contributed by atoms with van der Waals surface area (Å²) in [5.74, 6) is 0. The minimum Gasteiger partial charge on any atom is -0.398 e. The molecule has 0 saturated carbocycles. The van der Waals surface area contributed by atoms with Crippen molar-refractivity contribution in [2.75, 3.05) is 5.73 Å². The smallest absolute Gasteiger partial charge is 0.107 e. The molecule has 90 valence electrons. The third kappa shape index (κ3) is 3.52. The first-order chi connectivity index (χ1) is 8.15. The molecule has 1 aromatic carbocycles. The molecule has 5 heteroatoms. The first-order valence-electron chi connectivity index (χ1n) is 5.31. The van der Waals surface area contributed by atoms with Crippen LogP contribution < -0.4 is 11.1 Å².